The fraction of sp³-hybridized carbons (Fsp3) is 0.421. The van der Waals surface area contributed by atoms with Crippen molar-refractivity contribution in [1.82, 2.24) is 70.0 Å². The summed E-state index contributed by atoms with van der Waals surface area (Å²) >= 11 is 0. The minimum atomic E-state index is -0.633. The van der Waals surface area contributed by atoms with E-state index in [0.717, 1.165) is 64.4 Å². The Morgan fingerprint density at radius 3 is 1.62 bits per heavy atom. The predicted octanol–water partition coefficient (Wildman–Crippen LogP) is 9.95. The fourth-order valence-electron chi connectivity index (χ4n) is 9.23. The summed E-state index contributed by atoms with van der Waals surface area (Å²) in [6, 6.07) is 16.1. The van der Waals surface area contributed by atoms with Gasteiger partial charge in [0.25, 0.3) is 0 Å². The highest BCUT2D eigenvalue weighted by Gasteiger charge is 2.33. The summed E-state index contributed by atoms with van der Waals surface area (Å²) in [5.74, 6) is 1.68. The Morgan fingerprint density at radius 1 is 0.658 bits per heavy atom. The van der Waals surface area contributed by atoms with Crippen molar-refractivity contribution in [1.29, 1.82) is 0 Å². The normalized spacial score (nSPS) is 15.7. The maximum absolute atomic E-state index is 13.3. The zero-order chi connectivity index (χ0) is 56.2. The third-order valence-electron chi connectivity index (χ3n) is 13.2. The van der Waals surface area contributed by atoms with Gasteiger partial charge >= 0.3 is 6.09 Å². The van der Waals surface area contributed by atoms with Gasteiger partial charge in [-0.1, -0.05) is 76.1 Å². The van der Waals surface area contributed by atoms with Crippen LogP contribution in [0.15, 0.2) is 94.8 Å². The van der Waals surface area contributed by atoms with Crippen LogP contribution in [0.1, 0.15) is 155 Å². The smallest absolute Gasteiger partial charge is 0.410 e. The highest BCUT2D eigenvalue weighted by molar-refractivity contribution is 5.93. The molecule has 22 heteroatoms. The highest BCUT2D eigenvalue weighted by atomic mass is 16.6. The van der Waals surface area contributed by atoms with E-state index in [1.54, 1.807) is 39.1 Å². The van der Waals surface area contributed by atoms with Crippen LogP contribution in [0, 0.1) is 0 Å². The molecule has 2 aromatic carbocycles. The quantitative estimate of drug-likeness (QED) is 0.0960. The molecular weight excluding hydrogens is 1000 g/mol. The van der Waals surface area contributed by atoms with Crippen molar-refractivity contribution >= 4 is 40.9 Å². The summed E-state index contributed by atoms with van der Waals surface area (Å²) in [7, 11) is 3.70. The number of rotatable bonds is 12. The molecule has 0 saturated heterocycles. The lowest BCUT2D eigenvalue weighted by atomic mass is 9.87. The summed E-state index contributed by atoms with van der Waals surface area (Å²) in [5.41, 5.74) is 7.93. The Balaban J connectivity index is 0.000000195. The van der Waals surface area contributed by atoms with Crippen LogP contribution in [0.4, 0.5) is 28.1 Å². The summed E-state index contributed by atoms with van der Waals surface area (Å²) in [4.78, 5) is 68.0. The van der Waals surface area contributed by atoms with E-state index >= 15 is 0 Å². The van der Waals surface area contributed by atoms with Crippen molar-refractivity contribution in [2.45, 2.75) is 129 Å². The van der Waals surface area contributed by atoms with E-state index < -0.39 is 11.7 Å². The van der Waals surface area contributed by atoms with Crippen LogP contribution in [-0.4, -0.2) is 101 Å². The van der Waals surface area contributed by atoms with Crippen LogP contribution in [-0.2, 0) is 42.8 Å². The lowest BCUT2D eigenvalue weighted by molar-refractivity contribution is 0.0234. The van der Waals surface area contributed by atoms with Gasteiger partial charge in [-0.25, -0.2) is 24.7 Å². The number of carbonyl (C=O) groups is 3. The van der Waals surface area contributed by atoms with Gasteiger partial charge in [0.1, 0.15) is 5.60 Å². The maximum Gasteiger partial charge on any atom is 0.410 e. The minimum absolute atomic E-state index is 0.0707. The monoisotopic (exact) mass is 1070 g/mol. The van der Waals surface area contributed by atoms with Crippen LogP contribution in [0.2, 0.25) is 0 Å². The molecule has 412 valence electrons. The van der Waals surface area contributed by atoms with E-state index in [-0.39, 0.29) is 52.3 Å². The molecule has 0 spiro atoms. The molecular formula is C57H68N16O6. The van der Waals surface area contributed by atoms with Gasteiger partial charge < -0.3 is 34.6 Å². The number of Topliss-reactive ketones (excluding diaryl/α,β-unsaturated/α-hetero) is 2. The molecule has 0 unspecified atom stereocenters. The lowest BCUT2D eigenvalue weighted by Gasteiger charge is -2.26. The maximum atomic E-state index is 13.3. The van der Waals surface area contributed by atoms with Gasteiger partial charge in [-0.05, 0) is 98.5 Å². The molecule has 2 atom stereocenters. The molecule has 0 bridgehead atoms. The number of hydrogen-bond donors (Lipinski definition) is 3. The number of carbonyl (C=O) groups excluding carboxylic acids is 3. The number of nitrogens with zero attached hydrogens (tertiary/aromatic N) is 13. The number of hydrogen-bond acceptors (Lipinski definition) is 19. The van der Waals surface area contributed by atoms with Gasteiger partial charge in [-0.3, -0.25) is 19.0 Å². The number of fused-ring (bicyclic) bond motifs is 2. The average Bonchev–Trinajstić information content (AvgIpc) is 4.29. The van der Waals surface area contributed by atoms with E-state index in [1.165, 1.54) is 5.56 Å². The van der Waals surface area contributed by atoms with E-state index in [9.17, 15) is 14.4 Å². The summed E-state index contributed by atoms with van der Waals surface area (Å²) < 4.78 is 19.8. The van der Waals surface area contributed by atoms with Crippen LogP contribution < -0.4 is 16.0 Å². The van der Waals surface area contributed by atoms with Gasteiger partial charge in [0.15, 0.2) is 0 Å². The fourth-order valence-corrected chi connectivity index (χ4v) is 9.23. The van der Waals surface area contributed by atoms with Crippen LogP contribution >= 0.6 is 0 Å². The van der Waals surface area contributed by atoms with E-state index in [1.807, 2.05) is 119 Å². The topological polar surface area (TPSA) is 265 Å². The minimum Gasteiger partial charge on any atom is -0.444 e. The Hall–Kier alpha value is -8.53. The molecule has 79 heavy (non-hydrogen) atoms. The number of nitrogens with one attached hydrogen (secondary N) is 3. The Bertz CT molecular complexity index is 3470. The van der Waals surface area contributed by atoms with Crippen molar-refractivity contribution in [3.63, 3.8) is 0 Å². The zero-order valence-corrected chi connectivity index (χ0v) is 46.7. The molecule has 2 aliphatic rings. The number of anilines is 4. The molecule has 0 saturated carbocycles. The first-order valence-electron chi connectivity index (χ1n) is 26.4. The third kappa shape index (κ3) is 14.0. The van der Waals surface area contributed by atoms with Crippen LogP contribution in [0.5, 0.6) is 0 Å². The van der Waals surface area contributed by atoms with Gasteiger partial charge in [0.05, 0.1) is 35.2 Å². The standard InChI is InChI=1S/C31H38N8O4.C26H30N8O2/c1-30(2,3)27-36-26(37-43-27)25(40)15-19-11-13-39(29(41)42-31(4,5)6)17-21-14-20(8-9-23(19)21)24-10-12-32-28(35-24)34-22-16-33-38(7)18-22;1-26(2,3)24-32-23(33-36-24)22(35)12-16-7-9-27-13-18-11-17(5-6-20(16)18)21-8-10-28-25(31-21)30-19-14-29-34(4)15-19/h8-10,12,14,16,18-19H,11,13,15,17H2,1-7H3,(H,32,34,35);5-6,8,10-11,14-16,27H,7,9,12-13H2,1-4H3,(H,28,30,31)/t19-;16-/m00/s1. The first-order chi connectivity index (χ1) is 37.5. The van der Waals surface area contributed by atoms with Crippen molar-refractivity contribution in [2.24, 2.45) is 14.1 Å². The molecule has 0 aliphatic carbocycles. The molecule has 0 radical (unpaired) electrons. The second-order valence-electron chi connectivity index (χ2n) is 23.1. The van der Waals surface area contributed by atoms with Crippen molar-refractivity contribution in [3.05, 3.63) is 131 Å². The Labute approximate surface area is 458 Å². The third-order valence-corrected chi connectivity index (χ3v) is 13.2. The summed E-state index contributed by atoms with van der Waals surface area (Å²) in [6.45, 7) is 19.7. The number of aromatic nitrogens is 12. The second-order valence-corrected chi connectivity index (χ2v) is 23.1. The first-order valence-corrected chi connectivity index (χ1v) is 26.4. The largest absolute Gasteiger partial charge is 0.444 e. The number of benzene rings is 2. The molecule has 0 fully saturated rings. The summed E-state index contributed by atoms with van der Waals surface area (Å²) in [5, 5.41) is 26.1. The molecule has 3 N–H and O–H groups in total. The van der Waals surface area contributed by atoms with Crippen molar-refractivity contribution < 1.29 is 28.2 Å². The highest BCUT2D eigenvalue weighted by Crippen LogP contribution is 2.37. The molecule has 1 amide bonds. The van der Waals surface area contributed by atoms with Gasteiger partial charge in [-0.15, -0.1) is 0 Å². The van der Waals surface area contributed by atoms with Gasteiger partial charge in [-0.2, -0.15) is 20.2 Å². The molecule has 2 aliphatic heterocycles. The molecule has 10 rings (SSSR count). The van der Waals surface area contributed by atoms with E-state index in [4.69, 9.17) is 18.8 Å². The number of amides is 1. The molecule has 8 heterocycles. The van der Waals surface area contributed by atoms with Gasteiger partial charge in [0, 0.05) is 93.3 Å². The molecule has 8 aromatic rings. The lowest BCUT2D eigenvalue weighted by Crippen LogP contribution is -2.36. The van der Waals surface area contributed by atoms with Crippen molar-refractivity contribution in [2.75, 3.05) is 23.7 Å². The first kappa shape index (κ1) is 55.2. The number of ketones is 2. The zero-order valence-electron chi connectivity index (χ0n) is 46.7. The summed E-state index contributed by atoms with van der Waals surface area (Å²) in [6.07, 6.45) is 12.1. The number of ether oxygens (including phenoxy) is 1. The Morgan fingerprint density at radius 2 is 1.15 bits per heavy atom. The average molecular weight is 1070 g/mol. The van der Waals surface area contributed by atoms with E-state index in [0.29, 0.717) is 55.3 Å². The van der Waals surface area contributed by atoms with Gasteiger partial charge in [0.2, 0.25) is 46.9 Å². The SMILES string of the molecule is Cn1cc(Nc2nccc(-c3ccc4c(c3)CN(C(=O)OC(C)(C)C)CC[C@H]4CC(=O)c3noc(C(C)(C)C)n3)n2)cn1.Cn1cc(Nc2nccc(-c3ccc4c(c3)CNCC[C@H]4CC(=O)c3noc(C(C)(C)C)n3)n2)cn1. The number of aryl methyl sites for hydroxylation is 2. The predicted molar refractivity (Wildman–Crippen MR) is 295 cm³/mol. The van der Waals surface area contributed by atoms with Crippen LogP contribution in [0.25, 0.3) is 22.5 Å². The van der Waals surface area contributed by atoms with Crippen LogP contribution in [0.3, 0.4) is 0 Å². The molecule has 22 nitrogen and oxygen atoms in total. The second kappa shape index (κ2) is 22.8. The Kier molecular flexibility index (Phi) is 16.0. The van der Waals surface area contributed by atoms with Crippen molar-refractivity contribution in [3.8, 4) is 22.5 Å². The molecule has 6 aromatic heterocycles. The van der Waals surface area contributed by atoms with E-state index in [2.05, 4.69) is 79.6 Å².